The van der Waals surface area contributed by atoms with E-state index >= 15 is 0 Å². The maximum Gasteiger partial charge on any atom is 0.272 e. The van der Waals surface area contributed by atoms with Crippen molar-refractivity contribution >= 4 is 29.1 Å². The number of anilines is 3. The molecule has 1 saturated heterocycles. The van der Waals surface area contributed by atoms with Gasteiger partial charge in [-0.1, -0.05) is 24.3 Å². The number of rotatable bonds is 7. The second-order valence-corrected chi connectivity index (χ2v) is 8.69. The number of carbonyl (C=O) groups is 2. The van der Waals surface area contributed by atoms with Gasteiger partial charge in [0.2, 0.25) is 5.95 Å². The molecule has 10 heteroatoms. The molecule has 5 rings (SSSR count). The van der Waals surface area contributed by atoms with Crippen LogP contribution in [-0.2, 0) is 11.3 Å². The summed E-state index contributed by atoms with van der Waals surface area (Å²) in [4.78, 5) is 40.1. The molecule has 0 bridgehead atoms. The van der Waals surface area contributed by atoms with Gasteiger partial charge < -0.3 is 26.0 Å². The average Bonchev–Trinajstić information content (AvgIpc) is 2.98. The van der Waals surface area contributed by atoms with Gasteiger partial charge in [-0.3, -0.25) is 14.6 Å². The van der Waals surface area contributed by atoms with Gasteiger partial charge in [0.15, 0.2) is 0 Å². The molecule has 4 N–H and O–H groups in total. The van der Waals surface area contributed by atoms with Crippen LogP contribution in [0.25, 0.3) is 11.3 Å². The molecule has 0 unspecified atom stereocenters. The highest BCUT2D eigenvalue weighted by atomic mass is 16.5. The quantitative estimate of drug-likeness (QED) is 0.322. The molecular formula is C28H27N7O3. The number of hydrogen-bond acceptors (Lipinski definition) is 8. The Bertz CT molecular complexity index is 1420. The van der Waals surface area contributed by atoms with Gasteiger partial charge >= 0.3 is 0 Å². The van der Waals surface area contributed by atoms with E-state index in [-0.39, 0.29) is 11.8 Å². The van der Waals surface area contributed by atoms with E-state index in [1.54, 1.807) is 53.7 Å². The lowest BCUT2D eigenvalue weighted by Crippen LogP contribution is -2.41. The second-order valence-electron chi connectivity index (χ2n) is 8.69. The van der Waals surface area contributed by atoms with Gasteiger partial charge in [-0.2, -0.15) is 0 Å². The van der Waals surface area contributed by atoms with Crippen molar-refractivity contribution in [2.45, 2.75) is 6.54 Å². The number of hydrogen-bond donors (Lipinski definition) is 3. The topological polar surface area (TPSA) is 135 Å². The summed E-state index contributed by atoms with van der Waals surface area (Å²) in [5, 5.41) is 6.03. The van der Waals surface area contributed by atoms with E-state index in [9.17, 15) is 9.59 Å². The molecule has 0 spiro atoms. The predicted molar refractivity (Wildman–Crippen MR) is 145 cm³/mol. The van der Waals surface area contributed by atoms with Gasteiger partial charge in [0.05, 0.1) is 30.3 Å². The second kappa shape index (κ2) is 11.5. The molecule has 0 radical (unpaired) electrons. The molecule has 0 aliphatic carbocycles. The summed E-state index contributed by atoms with van der Waals surface area (Å²) < 4.78 is 5.31. The van der Waals surface area contributed by atoms with Crippen LogP contribution in [-0.4, -0.2) is 58.0 Å². The summed E-state index contributed by atoms with van der Waals surface area (Å²) in [6.45, 7) is 2.71. The number of nitrogens with two attached hydrogens (primary N) is 1. The number of pyridine rings is 1. The van der Waals surface area contributed by atoms with Crippen molar-refractivity contribution in [2.24, 2.45) is 0 Å². The van der Waals surface area contributed by atoms with Crippen LogP contribution in [0.15, 0.2) is 79.1 Å². The van der Waals surface area contributed by atoms with E-state index < -0.39 is 0 Å². The Kier molecular flexibility index (Phi) is 7.51. The fraction of sp³-hybridized carbons (Fsp3) is 0.179. The Morgan fingerprint density at radius 3 is 2.47 bits per heavy atom. The third kappa shape index (κ3) is 5.93. The first-order valence-electron chi connectivity index (χ1n) is 12.2. The van der Waals surface area contributed by atoms with Crippen LogP contribution in [0.5, 0.6) is 0 Å². The molecule has 38 heavy (non-hydrogen) atoms. The van der Waals surface area contributed by atoms with E-state index in [1.165, 1.54) is 0 Å². The number of morpholine rings is 1. The molecule has 10 nitrogen and oxygen atoms in total. The minimum atomic E-state index is -0.232. The maximum atomic E-state index is 12.6. The van der Waals surface area contributed by atoms with Crippen LogP contribution in [0.2, 0.25) is 0 Å². The number of ether oxygens (including phenoxy) is 1. The molecule has 2 aromatic carbocycles. The molecule has 2 amide bonds. The number of nitrogen functional groups attached to an aromatic ring is 1. The molecule has 2 aromatic heterocycles. The molecule has 3 heterocycles. The monoisotopic (exact) mass is 509 g/mol. The summed E-state index contributed by atoms with van der Waals surface area (Å²) in [5.41, 5.74) is 10.3. The van der Waals surface area contributed by atoms with Crippen molar-refractivity contribution in [2.75, 3.05) is 42.7 Å². The van der Waals surface area contributed by atoms with E-state index in [1.807, 2.05) is 30.3 Å². The Morgan fingerprint density at radius 1 is 0.947 bits per heavy atom. The van der Waals surface area contributed by atoms with Crippen molar-refractivity contribution in [3.63, 3.8) is 0 Å². The number of carbonyl (C=O) groups excluding carboxylic acids is 2. The molecule has 1 aliphatic rings. The highest BCUT2D eigenvalue weighted by Crippen LogP contribution is 2.20. The third-order valence-electron chi connectivity index (χ3n) is 6.11. The molecule has 1 aliphatic heterocycles. The van der Waals surface area contributed by atoms with Gasteiger partial charge in [0, 0.05) is 43.2 Å². The molecule has 0 atom stereocenters. The average molecular weight is 510 g/mol. The SMILES string of the molecule is Nc1ccccc1NC(=O)c1ccc(CNc2nccc(-c3ccc(C(=O)N4CCOCC4)nc3)n2)cc1. The number of nitrogens with zero attached hydrogens (tertiary/aromatic N) is 4. The van der Waals surface area contributed by atoms with Crippen molar-refractivity contribution < 1.29 is 14.3 Å². The zero-order chi connectivity index (χ0) is 26.3. The van der Waals surface area contributed by atoms with Gasteiger partial charge in [0.25, 0.3) is 11.8 Å². The van der Waals surface area contributed by atoms with Crippen molar-refractivity contribution in [1.82, 2.24) is 19.9 Å². The number of aromatic nitrogens is 3. The number of nitrogens with one attached hydrogen (secondary N) is 2. The minimum Gasteiger partial charge on any atom is -0.397 e. The Hall–Kier alpha value is -4.83. The Labute approximate surface area is 219 Å². The van der Waals surface area contributed by atoms with Crippen LogP contribution in [0.3, 0.4) is 0 Å². The Morgan fingerprint density at radius 2 is 1.74 bits per heavy atom. The van der Waals surface area contributed by atoms with Crippen molar-refractivity contribution in [3.8, 4) is 11.3 Å². The highest BCUT2D eigenvalue weighted by Gasteiger charge is 2.19. The number of benzene rings is 2. The van der Waals surface area contributed by atoms with E-state index in [2.05, 4.69) is 25.6 Å². The molecule has 4 aromatic rings. The lowest BCUT2D eigenvalue weighted by Gasteiger charge is -2.26. The van der Waals surface area contributed by atoms with E-state index in [0.29, 0.717) is 67.1 Å². The zero-order valence-electron chi connectivity index (χ0n) is 20.6. The lowest BCUT2D eigenvalue weighted by atomic mass is 10.1. The molecule has 192 valence electrons. The van der Waals surface area contributed by atoms with Crippen LogP contribution in [0.4, 0.5) is 17.3 Å². The molecule has 1 fully saturated rings. The van der Waals surface area contributed by atoms with Crippen molar-refractivity contribution in [1.29, 1.82) is 0 Å². The van der Waals surface area contributed by atoms with Gasteiger partial charge in [-0.15, -0.1) is 0 Å². The molecular weight excluding hydrogens is 482 g/mol. The summed E-state index contributed by atoms with van der Waals surface area (Å²) >= 11 is 0. The minimum absolute atomic E-state index is 0.0995. The van der Waals surface area contributed by atoms with E-state index in [0.717, 1.165) is 11.1 Å². The molecule has 0 saturated carbocycles. The smallest absolute Gasteiger partial charge is 0.272 e. The fourth-order valence-corrected chi connectivity index (χ4v) is 3.97. The first kappa shape index (κ1) is 24.8. The van der Waals surface area contributed by atoms with Gasteiger partial charge in [-0.05, 0) is 48.0 Å². The summed E-state index contributed by atoms with van der Waals surface area (Å²) in [6, 6.07) is 19.7. The first-order valence-corrected chi connectivity index (χ1v) is 12.2. The van der Waals surface area contributed by atoms with Gasteiger partial charge in [-0.25, -0.2) is 9.97 Å². The highest BCUT2D eigenvalue weighted by molar-refractivity contribution is 6.05. The normalized spacial score (nSPS) is 13.1. The largest absolute Gasteiger partial charge is 0.397 e. The number of para-hydroxylation sites is 2. The van der Waals surface area contributed by atoms with Crippen molar-refractivity contribution in [3.05, 3.63) is 95.9 Å². The summed E-state index contributed by atoms with van der Waals surface area (Å²) in [5.74, 6) is 0.125. The zero-order valence-corrected chi connectivity index (χ0v) is 20.6. The third-order valence-corrected chi connectivity index (χ3v) is 6.11. The first-order chi connectivity index (χ1) is 18.6. The summed E-state index contributed by atoms with van der Waals surface area (Å²) in [7, 11) is 0. The van der Waals surface area contributed by atoms with Gasteiger partial charge in [0.1, 0.15) is 5.69 Å². The Balaban J connectivity index is 1.18. The van der Waals surface area contributed by atoms with Crippen LogP contribution >= 0.6 is 0 Å². The van der Waals surface area contributed by atoms with E-state index in [4.69, 9.17) is 10.5 Å². The standard InChI is InChI=1S/C28H27N7O3/c29-22-3-1-2-4-24(22)33-26(36)20-7-5-19(6-8-20)17-32-28-30-12-11-23(34-28)21-9-10-25(31-18-21)27(37)35-13-15-38-16-14-35/h1-12,18H,13-17,29H2,(H,33,36)(H,30,32,34). The van der Waals surface area contributed by atoms with Crippen LogP contribution in [0.1, 0.15) is 26.4 Å². The predicted octanol–water partition coefficient (Wildman–Crippen LogP) is 3.46. The van der Waals surface area contributed by atoms with Crippen LogP contribution < -0.4 is 16.4 Å². The summed E-state index contributed by atoms with van der Waals surface area (Å²) in [6.07, 6.45) is 3.31. The lowest BCUT2D eigenvalue weighted by molar-refractivity contribution is 0.0299. The van der Waals surface area contributed by atoms with Crippen LogP contribution in [0, 0.1) is 0 Å². The maximum absolute atomic E-state index is 12.6. The fourth-order valence-electron chi connectivity index (χ4n) is 3.97. The number of amides is 2.